The second-order valence-electron chi connectivity index (χ2n) is 4.44. The first-order chi connectivity index (χ1) is 9.42. The van der Waals surface area contributed by atoms with Crippen molar-refractivity contribution in [3.8, 4) is 0 Å². The van der Waals surface area contributed by atoms with Crippen molar-refractivity contribution in [2.45, 2.75) is 24.6 Å². The summed E-state index contributed by atoms with van der Waals surface area (Å²) in [4.78, 5) is 5.23. The van der Waals surface area contributed by atoms with E-state index < -0.39 is 10.0 Å². The molecular formula is C13H17N3O2S2. The van der Waals surface area contributed by atoms with Gasteiger partial charge in [-0.3, -0.25) is 9.71 Å². The molecule has 0 aromatic carbocycles. The minimum atomic E-state index is -3.55. The van der Waals surface area contributed by atoms with Gasteiger partial charge in [0, 0.05) is 17.1 Å². The van der Waals surface area contributed by atoms with Crippen molar-refractivity contribution in [3.05, 3.63) is 40.5 Å². The maximum Gasteiger partial charge on any atom is 0.271 e. The van der Waals surface area contributed by atoms with Gasteiger partial charge in [-0.2, -0.15) is 0 Å². The Kier molecular flexibility index (Phi) is 4.42. The Morgan fingerprint density at radius 1 is 1.20 bits per heavy atom. The first-order valence-corrected chi connectivity index (χ1v) is 8.43. The van der Waals surface area contributed by atoms with Gasteiger partial charge in [0.05, 0.1) is 11.4 Å². The maximum absolute atomic E-state index is 12.3. The Labute approximate surface area is 123 Å². The minimum absolute atomic E-state index is 0.308. The van der Waals surface area contributed by atoms with Crippen LogP contribution in [0.4, 0.5) is 5.69 Å². The van der Waals surface area contributed by atoms with Crippen LogP contribution in [0.15, 0.2) is 28.5 Å². The van der Waals surface area contributed by atoms with E-state index in [1.165, 1.54) is 11.3 Å². The van der Waals surface area contributed by atoms with E-state index in [4.69, 9.17) is 0 Å². The predicted molar refractivity (Wildman–Crippen MR) is 81.6 cm³/mol. The number of anilines is 1. The highest BCUT2D eigenvalue weighted by atomic mass is 32.2. The zero-order valence-electron chi connectivity index (χ0n) is 11.6. The van der Waals surface area contributed by atoms with Crippen LogP contribution in [0.2, 0.25) is 0 Å². The summed E-state index contributed by atoms with van der Waals surface area (Å²) in [6.07, 6.45) is 0. The van der Waals surface area contributed by atoms with Gasteiger partial charge in [-0.05, 0) is 45.2 Å². The first kappa shape index (κ1) is 15.0. The fourth-order valence-corrected chi connectivity index (χ4v) is 4.25. The fourth-order valence-electron chi connectivity index (χ4n) is 1.76. The van der Waals surface area contributed by atoms with Crippen molar-refractivity contribution in [2.24, 2.45) is 0 Å². The average Bonchev–Trinajstić information content (AvgIpc) is 2.83. The molecule has 2 heterocycles. The van der Waals surface area contributed by atoms with Gasteiger partial charge in [0.2, 0.25) is 0 Å². The van der Waals surface area contributed by atoms with Crippen LogP contribution in [0.5, 0.6) is 0 Å². The summed E-state index contributed by atoms with van der Waals surface area (Å²) in [5.74, 6) is 0. The molecule has 0 atom stereocenters. The molecule has 2 rings (SSSR count). The number of nitrogens with one attached hydrogen (secondary N) is 2. The van der Waals surface area contributed by atoms with Crippen LogP contribution in [0.1, 0.15) is 16.3 Å². The standard InChI is InChI=1S/C13H17N3O2S2/c1-9-4-6-12(10(2)15-9)16-20(17,18)13-7-5-11(19-13)8-14-3/h4-7,14,16H,8H2,1-3H3. The monoisotopic (exact) mass is 311 g/mol. The van der Waals surface area contributed by atoms with Crippen LogP contribution < -0.4 is 10.0 Å². The lowest BCUT2D eigenvalue weighted by molar-refractivity contribution is 0.603. The number of hydrogen-bond acceptors (Lipinski definition) is 5. The van der Waals surface area contributed by atoms with Crippen LogP contribution in [-0.4, -0.2) is 20.4 Å². The van der Waals surface area contributed by atoms with Gasteiger partial charge >= 0.3 is 0 Å². The predicted octanol–water partition coefficient (Wildman–Crippen LogP) is 2.28. The molecule has 0 saturated heterocycles. The molecule has 2 aromatic heterocycles. The fraction of sp³-hybridized carbons (Fsp3) is 0.308. The molecule has 0 bridgehead atoms. The van der Waals surface area contributed by atoms with Crippen molar-refractivity contribution in [3.63, 3.8) is 0 Å². The molecule has 0 unspecified atom stereocenters. The number of rotatable bonds is 5. The van der Waals surface area contributed by atoms with Crippen molar-refractivity contribution in [2.75, 3.05) is 11.8 Å². The van der Waals surface area contributed by atoms with Gasteiger partial charge in [0.15, 0.2) is 0 Å². The molecule has 2 aromatic rings. The quantitative estimate of drug-likeness (QED) is 0.888. The number of aromatic nitrogens is 1. The summed E-state index contributed by atoms with van der Waals surface area (Å²) in [7, 11) is -1.72. The zero-order chi connectivity index (χ0) is 14.8. The van der Waals surface area contributed by atoms with Gasteiger partial charge in [0.1, 0.15) is 4.21 Å². The van der Waals surface area contributed by atoms with Crippen LogP contribution >= 0.6 is 11.3 Å². The Bertz CT molecular complexity index is 708. The second-order valence-corrected chi connectivity index (χ2v) is 7.52. The smallest absolute Gasteiger partial charge is 0.271 e. The summed E-state index contributed by atoms with van der Waals surface area (Å²) >= 11 is 1.26. The molecule has 0 fully saturated rings. The van der Waals surface area contributed by atoms with Crippen LogP contribution in [0.3, 0.4) is 0 Å². The largest absolute Gasteiger partial charge is 0.315 e. The number of thiophene rings is 1. The van der Waals surface area contributed by atoms with Crippen molar-refractivity contribution < 1.29 is 8.42 Å². The molecule has 7 heteroatoms. The highest BCUT2D eigenvalue weighted by Crippen LogP contribution is 2.25. The highest BCUT2D eigenvalue weighted by Gasteiger charge is 2.18. The Morgan fingerprint density at radius 2 is 1.95 bits per heavy atom. The number of aryl methyl sites for hydroxylation is 2. The Hall–Kier alpha value is -1.44. The molecule has 0 spiro atoms. The van der Waals surface area contributed by atoms with Crippen molar-refractivity contribution in [1.29, 1.82) is 0 Å². The Balaban J connectivity index is 2.26. The molecule has 2 N–H and O–H groups in total. The minimum Gasteiger partial charge on any atom is -0.315 e. The van der Waals surface area contributed by atoms with Gasteiger partial charge < -0.3 is 5.32 Å². The van der Waals surface area contributed by atoms with Gasteiger partial charge in [-0.1, -0.05) is 0 Å². The summed E-state index contributed by atoms with van der Waals surface area (Å²) in [6.45, 7) is 4.31. The van der Waals surface area contributed by atoms with E-state index in [0.717, 1.165) is 10.6 Å². The van der Waals surface area contributed by atoms with Gasteiger partial charge in [0.25, 0.3) is 10.0 Å². The first-order valence-electron chi connectivity index (χ1n) is 6.13. The molecular weight excluding hydrogens is 294 g/mol. The lowest BCUT2D eigenvalue weighted by atomic mass is 10.3. The highest BCUT2D eigenvalue weighted by molar-refractivity contribution is 7.94. The number of hydrogen-bond donors (Lipinski definition) is 2. The molecule has 0 radical (unpaired) electrons. The normalized spacial score (nSPS) is 11.6. The third-order valence-electron chi connectivity index (χ3n) is 2.72. The molecule has 0 aliphatic rings. The molecule has 5 nitrogen and oxygen atoms in total. The third-order valence-corrected chi connectivity index (χ3v) is 5.66. The average molecular weight is 311 g/mol. The second kappa shape index (κ2) is 5.90. The lowest BCUT2D eigenvalue weighted by Gasteiger charge is -2.09. The molecule has 0 aliphatic heterocycles. The maximum atomic E-state index is 12.3. The van der Waals surface area contributed by atoms with Crippen molar-refractivity contribution in [1.82, 2.24) is 10.3 Å². The number of nitrogens with zero attached hydrogens (tertiary/aromatic N) is 1. The van der Waals surface area contributed by atoms with E-state index >= 15 is 0 Å². The van der Waals surface area contributed by atoms with E-state index in [1.807, 2.05) is 20.0 Å². The molecule has 108 valence electrons. The Morgan fingerprint density at radius 3 is 2.60 bits per heavy atom. The summed E-state index contributed by atoms with van der Waals surface area (Å²) in [5, 5.41) is 3.00. The van der Waals surface area contributed by atoms with Crippen LogP contribution in [0, 0.1) is 13.8 Å². The summed E-state index contributed by atoms with van der Waals surface area (Å²) < 4.78 is 27.5. The van der Waals surface area contributed by atoms with E-state index in [-0.39, 0.29) is 0 Å². The summed E-state index contributed by atoms with van der Waals surface area (Å²) in [6, 6.07) is 6.95. The lowest BCUT2D eigenvalue weighted by Crippen LogP contribution is -2.13. The topological polar surface area (TPSA) is 71.1 Å². The van der Waals surface area contributed by atoms with Crippen molar-refractivity contribution >= 4 is 27.0 Å². The summed E-state index contributed by atoms with van der Waals surface area (Å²) in [5.41, 5.74) is 2.04. The van der Waals surface area contributed by atoms with E-state index in [0.29, 0.717) is 22.1 Å². The molecule has 20 heavy (non-hydrogen) atoms. The van der Waals surface area contributed by atoms with Crippen LogP contribution in [0.25, 0.3) is 0 Å². The van der Waals surface area contributed by atoms with E-state index in [9.17, 15) is 8.42 Å². The number of sulfonamides is 1. The van der Waals surface area contributed by atoms with Gasteiger partial charge in [-0.15, -0.1) is 11.3 Å². The van der Waals surface area contributed by atoms with Gasteiger partial charge in [-0.25, -0.2) is 8.42 Å². The zero-order valence-corrected chi connectivity index (χ0v) is 13.2. The van der Waals surface area contributed by atoms with Crippen LogP contribution in [-0.2, 0) is 16.6 Å². The molecule has 0 saturated carbocycles. The molecule has 0 amide bonds. The molecule has 0 aliphatic carbocycles. The number of pyridine rings is 1. The van der Waals surface area contributed by atoms with E-state index in [2.05, 4.69) is 15.0 Å². The van der Waals surface area contributed by atoms with E-state index in [1.54, 1.807) is 25.1 Å². The third kappa shape index (κ3) is 3.36. The SMILES string of the molecule is CNCc1ccc(S(=O)(=O)Nc2ccc(C)nc2C)s1.